The van der Waals surface area contributed by atoms with E-state index >= 15 is 0 Å². The smallest absolute Gasteiger partial charge is 0.243 e. The predicted molar refractivity (Wildman–Crippen MR) is 152 cm³/mol. The van der Waals surface area contributed by atoms with Crippen LogP contribution >= 0.6 is 23.2 Å². The second-order valence-electron chi connectivity index (χ2n) is 9.64. The second-order valence-corrected chi connectivity index (χ2v) is 10.4. The summed E-state index contributed by atoms with van der Waals surface area (Å²) in [6.07, 6.45) is 5.25. The summed E-state index contributed by atoms with van der Waals surface area (Å²) in [4.78, 5) is 26.1. The topological polar surface area (TPSA) is 120 Å². The van der Waals surface area contributed by atoms with Gasteiger partial charge < -0.3 is 30.2 Å². The molecule has 1 aliphatic carbocycles. The van der Waals surface area contributed by atoms with Crippen molar-refractivity contribution >= 4 is 51.6 Å². The minimum Gasteiger partial charge on any atom is -0.495 e. The average Bonchev–Trinajstić information content (AvgIpc) is 3.70. The third-order valence-corrected chi connectivity index (χ3v) is 7.75. The molecular weight excluding hydrogens is 543 g/mol. The number of fused-ring (bicyclic) bond motifs is 1. The van der Waals surface area contributed by atoms with E-state index in [0.717, 1.165) is 5.39 Å². The summed E-state index contributed by atoms with van der Waals surface area (Å²) in [5.74, 6) is 2.67. The Morgan fingerprint density at radius 3 is 2.46 bits per heavy atom. The van der Waals surface area contributed by atoms with Crippen LogP contribution in [0.4, 0.5) is 11.6 Å². The lowest BCUT2D eigenvalue weighted by atomic mass is 10.1. The van der Waals surface area contributed by atoms with E-state index < -0.39 is 0 Å². The minimum atomic E-state index is -0.253. The van der Waals surface area contributed by atoms with Gasteiger partial charge in [-0.1, -0.05) is 29.8 Å². The fourth-order valence-electron chi connectivity index (χ4n) is 4.61. The number of pyridine rings is 1. The zero-order valence-corrected chi connectivity index (χ0v) is 23.4. The van der Waals surface area contributed by atoms with Crippen LogP contribution in [-0.4, -0.2) is 66.4 Å². The standard InChI is InChI=1S/C27H30Cl2N6O4/c1-5-22(36)33-18-12-39-11-17(18)32-21-8-15-16(10-30-21)34-27(35-26(15)31-13(2)14-6-7-14)23-24(28)19(37-3)9-20(38-4)25(23)29/h5,8-10,13-14,17-18H,1,6-7,11-12H2,2-4H3,(H,30,32)(H,33,36)(H,31,34,35)/t13?,17-,18+/m1/s1. The molecule has 2 aromatic heterocycles. The van der Waals surface area contributed by atoms with Crippen LogP contribution in [0, 0.1) is 5.92 Å². The molecule has 39 heavy (non-hydrogen) atoms. The molecule has 0 radical (unpaired) electrons. The molecule has 206 valence electrons. The maximum Gasteiger partial charge on any atom is 0.243 e. The number of anilines is 2. The van der Waals surface area contributed by atoms with E-state index in [1.807, 2.05) is 6.07 Å². The predicted octanol–water partition coefficient (Wildman–Crippen LogP) is 4.71. The third-order valence-electron chi connectivity index (χ3n) is 7.00. The first-order valence-corrected chi connectivity index (χ1v) is 13.4. The summed E-state index contributed by atoms with van der Waals surface area (Å²) >= 11 is 13.4. The number of rotatable bonds is 10. The molecular formula is C27H30Cl2N6O4. The summed E-state index contributed by atoms with van der Waals surface area (Å²) in [7, 11) is 3.04. The fraction of sp³-hybridized carbons (Fsp3) is 0.407. The maximum absolute atomic E-state index is 11.8. The number of carbonyl (C=O) groups excluding carboxylic acids is 1. The molecule has 1 unspecified atom stereocenters. The summed E-state index contributed by atoms with van der Waals surface area (Å²) < 4.78 is 16.5. The molecule has 1 saturated carbocycles. The number of hydrogen-bond acceptors (Lipinski definition) is 9. The van der Waals surface area contributed by atoms with E-state index in [-0.39, 0.29) is 34.1 Å². The van der Waals surface area contributed by atoms with Gasteiger partial charge in [-0.2, -0.15) is 0 Å². The van der Waals surface area contributed by atoms with Crippen LogP contribution in [0.15, 0.2) is 31.0 Å². The Morgan fingerprint density at radius 1 is 1.13 bits per heavy atom. The number of nitrogens with one attached hydrogen (secondary N) is 3. The molecule has 3 N–H and O–H groups in total. The van der Waals surface area contributed by atoms with Crippen molar-refractivity contribution in [2.75, 3.05) is 38.1 Å². The molecule has 2 fully saturated rings. The molecule has 3 atom stereocenters. The van der Waals surface area contributed by atoms with E-state index in [4.69, 9.17) is 47.4 Å². The van der Waals surface area contributed by atoms with E-state index in [0.29, 0.717) is 59.2 Å². The number of nitrogens with zero attached hydrogens (tertiary/aromatic N) is 3. The van der Waals surface area contributed by atoms with Crippen molar-refractivity contribution < 1.29 is 19.0 Å². The van der Waals surface area contributed by atoms with Gasteiger partial charge in [0.05, 0.1) is 66.8 Å². The van der Waals surface area contributed by atoms with Crippen LogP contribution in [0.2, 0.25) is 10.0 Å². The molecule has 5 rings (SSSR count). The van der Waals surface area contributed by atoms with Crippen LogP contribution in [0.1, 0.15) is 19.8 Å². The van der Waals surface area contributed by atoms with Crippen LogP contribution in [0.25, 0.3) is 22.3 Å². The zero-order valence-electron chi connectivity index (χ0n) is 21.9. The van der Waals surface area contributed by atoms with Gasteiger partial charge in [0.2, 0.25) is 5.91 Å². The number of benzene rings is 1. The molecule has 3 aromatic rings. The second kappa shape index (κ2) is 11.4. The molecule has 10 nitrogen and oxygen atoms in total. The number of aromatic nitrogens is 3. The van der Waals surface area contributed by atoms with Crippen molar-refractivity contribution in [1.82, 2.24) is 20.3 Å². The molecule has 2 aliphatic rings. The maximum atomic E-state index is 11.8. The van der Waals surface area contributed by atoms with Gasteiger partial charge in [-0.15, -0.1) is 0 Å². The normalized spacial score (nSPS) is 19.4. The zero-order chi connectivity index (χ0) is 27.7. The summed E-state index contributed by atoms with van der Waals surface area (Å²) in [6.45, 7) is 6.48. The highest BCUT2D eigenvalue weighted by Crippen LogP contribution is 2.45. The van der Waals surface area contributed by atoms with Gasteiger partial charge in [0.25, 0.3) is 0 Å². The van der Waals surface area contributed by atoms with Gasteiger partial charge >= 0.3 is 0 Å². The van der Waals surface area contributed by atoms with Gasteiger partial charge in [-0.05, 0) is 37.8 Å². The van der Waals surface area contributed by atoms with Gasteiger partial charge in [0.15, 0.2) is 5.82 Å². The highest BCUT2D eigenvalue weighted by atomic mass is 35.5. The Labute approximate surface area is 236 Å². The Hall–Kier alpha value is -3.34. The first-order valence-electron chi connectivity index (χ1n) is 12.6. The molecule has 12 heteroatoms. The number of carbonyl (C=O) groups is 1. The Kier molecular flexibility index (Phi) is 7.97. The number of hydrogen-bond donors (Lipinski definition) is 3. The highest BCUT2D eigenvalue weighted by Gasteiger charge is 2.31. The Bertz CT molecular complexity index is 1390. The lowest BCUT2D eigenvalue weighted by molar-refractivity contribution is -0.117. The number of methoxy groups -OCH3 is 2. The van der Waals surface area contributed by atoms with Gasteiger partial charge in [0.1, 0.15) is 23.1 Å². The molecule has 1 amide bonds. The molecule has 1 aromatic carbocycles. The molecule has 3 heterocycles. The molecule has 0 spiro atoms. The SMILES string of the molecule is C=CC(=O)N[C@H]1COC[C@H]1Nc1cc2c(NC(C)C3CC3)nc(-c3c(Cl)c(OC)cc(OC)c3Cl)nc2cn1. The summed E-state index contributed by atoms with van der Waals surface area (Å²) in [5.41, 5.74) is 1.01. The lowest BCUT2D eigenvalue weighted by Gasteiger charge is -2.21. The van der Waals surface area contributed by atoms with Gasteiger partial charge in [-0.25, -0.2) is 15.0 Å². The first kappa shape index (κ1) is 27.2. The summed E-state index contributed by atoms with van der Waals surface area (Å²) in [6, 6.07) is 3.34. The van der Waals surface area contributed by atoms with Crippen molar-refractivity contribution in [3.8, 4) is 22.9 Å². The molecule has 1 aliphatic heterocycles. The van der Waals surface area contributed by atoms with E-state index in [2.05, 4.69) is 34.4 Å². The first-order chi connectivity index (χ1) is 18.8. The van der Waals surface area contributed by atoms with Crippen molar-refractivity contribution in [1.29, 1.82) is 0 Å². The van der Waals surface area contributed by atoms with Crippen molar-refractivity contribution in [3.05, 3.63) is 41.0 Å². The lowest BCUT2D eigenvalue weighted by Crippen LogP contribution is -2.45. The fourth-order valence-corrected chi connectivity index (χ4v) is 5.28. The number of amides is 1. The minimum absolute atomic E-state index is 0.164. The Morgan fingerprint density at radius 2 is 1.82 bits per heavy atom. The molecule has 0 bridgehead atoms. The van der Waals surface area contributed by atoms with Crippen molar-refractivity contribution in [2.24, 2.45) is 5.92 Å². The van der Waals surface area contributed by atoms with Crippen LogP contribution < -0.4 is 25.4 Å². The van der Waals surface area contributed by atoms with E-state index in [1.54, 1.807) is 12.3 Å². The van der Waals surface area contributed by atoms with Gasteiger partial charge in [-0.3, -0.25) is 4.79 Å². The number of ether oxygens (including phenoxy) is 3. The third kappa shape index (κ3) is 5.68. The van der Waals surface area contributed by atoms with Crippen LogP contribution in [0.5, 0.6) is 11.5 Å². The quantitative estimate of drug-likeness (QED) is 0.297. The van der Waals surface area contributed by atoms with Crippen LogP contribution in [-0.2, 0) is 9.53 Å². The average molecular weight is 573 g/mol. The highest BCUT2D eigenvalue weighted by molar-refractivity contribution is 6.41. The number of halogens is 2. The Balaban J connectivity index is 1.56. The van der Waals surface area contributed by atoms with Crippen LogP contribution in [0.3, 0.4) is 0 Å². The summed E-state index contributed by atoms with van der Waals surface area (Å²) in [5, 5.41) is 11.2. The van der Waals surface area contributed by atoms with Gasteiger partial charge in [0, 0.05) is 17.5 Å². The van der Waals surface area contributed by atoms with E-state index in [1.165, 1.54) is 33.1 Å². The largest absolute Gasteiger partial charge is 0.495 e. The monoisotopic (exact) mass is 572 g/mol. The van der Waals surface area contributed by atoms with E-state index in [9.17, 15) is 4.79 Å². The van der Waals surface area contributed by atoms with Crippen molar-refractivity contribution in [3.63, 3.8) is 0 Å². The van der Waals surface area contributed by atoms with Crippen molar-refractivity contribution in [2.45, 2.75) is 37.9 Å². The molecule has 1 saturated heterocycles.